The van der Waals surface area contributed by atoms with Crippen LogP contribution >= 0.6 is 0 Å². The Labute approximate surface area is 424 Å². The molecule has 1 aliphatic rings. The minimum atomic E-state index is -1.55. The summed E-state index contributed by atoms with van der Waals surface area (Å²) in [5.41, 5.74) is 0. The first-order valence-corrected chi connectivity index (χ1v) is 29.3. The van der Waals surface area contributed by atoms with Crippen molar-refractivity contribution in [1.29, 1.82) is 0 Å². The minimum absolute atomic E-state index is 0.138. The highest BCUT2D eigenvalue weighted by molar-refractivity contribution is 5.76. The van der Waals surface area contributed by atoms with Gasteiger partial charge >= 0.3 is 0 Å². The topological polar surface area (TPSA) is 149 Å². The van der Waals surface area contributed by atoms with Crippen molar-refractivity contribution in [3.05, 3.63) is 48.6 Å². The third-order valence-corrected chi connectivity index (χ3v) is 13.9. The molecule has 1 heterocycles. The van der Waals surface area contributed by atoms with Gasteiger partial charge < -0.3 is 40.3 Å². The third kappa shape index (κ3) is 39.4. The first-order chi connectivity index (χ1) is 33.8. The Hall–Kier alpha value is -1.85. The molecular weight excluding hydrogens is 863 g/mol. The van der Waals surface area contributed by atoms with E-state index in [9.17, 15) is 30.3 Å². The normalized spacial score (nSPS) is 19.8. The Morgan fingerprint density at radius 1 is 0.507 bits per heavy atom. The van der Waals surface area contributed by atoms with Crippen molar-refractivity contribution in [2.24, 2.45) is 0 Å². The van der Waals surface area contributed by atoms with Gasteiger partial charge in [-0.05, 0) is 51.4 Å². The molecule has 0 aliphatic carbocycles. The number of rotatable bonds is 50. The number of hydrogen-bond donors (Lipinski definition) is 6. The van der Waals surface area contributed by atoms with E-state index in [2.05, 4.69) is 67.8 Å². The molecule has 0 bridgehead atoms. The van der Waals surface area contributed by atoms with Gasteiger partial charge in [-0.2, -0.15) is 0 Å². The molecule has 0 spiro atoms. The van der Waals surface area contributed by atoms with Gasteiger partial charge in [0.2, 0.25) is 5.91 Å². The van der Waals surface area contributed by atoms with Crippen LogP contribution in [0.25, 0.3) is 0 Å². The second-order valence-corrected chi connectivity index (χ2v) is 20.4. The maximum Gasteiger partial charge on any atom is 0.220 e. The predicted octanol–water partition coefficient (Wildman–Crippen LogP) is 14.5. The molecule has 1 rings (SSSR count). The van der Waals surface area contributed by atoms with Crippen molar-refractivity contribution in [2.45, 2.75) is 314 Å². The van der Waals surface area contributed by atoms with Gasteiger partial charge in [0.15, 0.2) is 6.29 Å². The summed E-state index contributed by atoms with van der Waals surface area (Å²) in [7, 11) is 0. The Morgan fingerprint density at radius 3 is 1.33 bits per heavy atom. The van der Waals surface area contributed by atoms with Crippen molar-refractivity contribution in [3.8, 4) is 0 Å². The van der Waals surface area contributed by atoms with Crippen LogP contribution in [0.15, 0.2) is 48.6 Å². The van der Waals surface area contributed by atoms with Crippen molar-refractivity contribution < 1.29 is 39.8 Å². The molecule has 7 unspecified atom stereocenters. The summed E-state index contributed by atoms with van der Waals surface area (Å²) in [4.78, 5) is 13.1. The molecule has 404 valence electrons. The van der Waals surface area contributed by atoms with Crippen LogP contribution in [0, 0.1) is 0 Å². The van der Waals surface area contributed by atoms with Crippen molar-refractivity contribution in [2.75, 3.05) is 13.2 Å². The average molecular weight is 975 g/mol. The molecule has 1 aliphatic heterocycles. The Bertz CT molecular complexity index is 1220. The Morgan fingerprint density at radius 2 is 0.899 bits per heavy atom. The predicted molar refractivity (Wildman–Crippen MR) is 290 cm³/mol. The number of hydrogen-bond acceptors (Lipinski definition) is 8. The summed E-state index contributed by atoms with van der Waals surface area (Å²) in [6.07, 6.45) is 58.5. The minimum Gasteiger partial charge on any atom is -0.394 e. The first-order valence-electron chi connectivity index (χ1n) is 29.3. The zero-order chi connectivity index (χ0) is 50.1. The maximum absolute atomic E-state index is 13.1. The zero-order valence-electron chi connectivity index (χ0n) is 44.8. The van der Waals surface area contributed by atoms with Gasteiger partial charge in [0.05, 0.1) is 25.4 Å². The van der Waals surface area contributed by atoms with E-state index >= 15 is 0 Å². The van der Waals surface area contributed by atoms with Crippen LogP contribution in [0.5, 0.6) is 0 Å². The molecule has 69 heavy (non-hydrogen) atoms. The van der Waals surface area contributed by atoms with Crippen LogP contribution in [0.3, 0.4) is 0 Å². The fraction of sp³-hybridized carbons (Fsp3) is 0.850. The number of nitrogens with one attached hydrogen (secondary N) is 1. The standard InChI is InChI=1S/C60H111NO8/c1-3-5-7-9-11-13-15-17-19-21-23-25-26-27-28-30-32-34-36-38-40-42-44-46-48-50-56(64)61-53(52-68-60-59(67)58(66)57(65)55(51-62)69-60)54(63)49-47-45-43-41-39-37-35-33-31-29-24-22-20-18-16-14-12-10-8-6-4-2/h5,7,11,13,17,19,23,25,53-55,57-60,62-63,65-67H,3-4,6,8-10,12,14-16,18,20-22,24,26-52H2,1-2H3,(H,61,64)/b7-5-,13-11-,19-17-,25-23-. The second-order valence-electron chi connectivity index (χ2n) is 20.4. The van der Waals surface area contributed by atoms with Crippen LogP contribution in [0.1, 0.15) is 271 Å². The molecule has 1 saturated heterocycles. The summed E-state index contributed by atoms with van der Waals surface area (Å²) < 4.78 is 11.3. The Kier molecular flexibility index (Phi) is 47.0. The summed E-state index contributed by atoms with van der Waals surface area (Å²) in [6, 6.07) is -0.722. The highest BCUT2D eigenvalue weighted by Gasteiger charge is 2.44. The maximum atomic E-state index is 13.1. The van der Waals surface area contributed by atoms with E-state index in [-0.39, 0.29) is 12.5 Å². The van der Waals surface area contributed by atoms with Crippen LogP contribution in [-0.2, 0) is 14.3 Å². The molecule has 6 N–H and O–H groups in total. The lowest BCUT2D eigenvalue weighted by Crippen LogP contribution is -2.60. The van der Waals surface area contributed by atoms with Gasteiger partial charge in [-0.15, -0.1) is 0 Å². The number of ether oxygens (including phenoxy) is 2. The molecule has 1 amide bonds. The van der Waals surface area contributed by atoms with E-state index in [0.717, 1.165) is 64.2 Å². The van der Waals surface area contributed by atoms with Gasteiger partial charge in [-0.1, -0.05) is 262 Å². The lowest BCUT2D eigenvalue weighted by atomic mass is 9.99. The largest absolute Gasteiger partial charge is 0.394 e. The molecule has 9 heteroatoms. The highest BCUT2D eigenvalue weighted by Crippen LogP contribution is 2.23. The number of carbonyl (C=O) groups is 1. The Balaban J connectivity index is 2.20. The summed E-state index contributed by atoms with van der Waals surface area (Å²) in [6.45, 7) is 3.75. The highest BCUT2D eigenvalue weighted by atomic mass is 16.7. The molecule has 0 radical (unpaired) electrons. The number of carbonyl (C=O) groups excluding carboxylic acids is 1. The van der Waals surface area contributed by atoms with E-state index in [1.165, 1.54) is 180 Å². The van der Waals surface area contributed by atoms with Gasteiger partial charge in [0.25, 0.3) is 0 Å². The van der Waals surface area contributed by atoms with E-state index in [0.29, 0.717) is 12.8 Å². The second kappa shape index (κ2) is 49.7. The van der Waals surface area contributed by atoms with E-state index in [1.807, 2.05) is 0 Å². The van der Waals surface area contributed by atoms with Crippen LogP contribution in [0.2, 0.25) is 0 Å². The monoisotopic (exact) mass is 974 g/mol. The number of allylic oxidation sites excluding steroid dienone is 8. The average Bonchev–Trinajstić information content (AvgIpc) is 3.35. The first kappa shape index (κ1) is 65.2. The number of aliphatic hydroxyl groups excluding tert-OH is 5. The van der Waals surface area contributed by atoms with Crippen LogP contribution in [0.4, 0.5) is 0 Å². The fourth-order valence-electron chi connectivity index (χ4n) is 9.33. The summed E-state index contributed by atoms with van der Waals surface area (Å²) in [5, 5.41) is 54.7. The molecule has 0 aromatic heterocycles. The van der Waals surface area contributed by atoms with Gasteiger partial charge in [-0.3, -0.25) is 4.79 Å². The fourth-order valence-corrected chi connectivity index (χ4v) is 9.33. The van der Waals surface area contributed by atoms with Crippen LogP contribution in [-0.4, -0.2) is 87.5 Å². The third-order valence-electron chi connectivity index (χ3n) is 13.9. The summed E-state index contributed by atoms with van der Waals surface area (Å²) >= 11 is 0. The lowest BCUT2D eigenvalue weighted by Gasteiger charge is -2.40. The molecule has 0 aromatic carbocycles. The number of aliphatic hydroxyl groups is 5. The smallest absolute Gasteiger partial charge is 0.220 e. The SMILES string of the molecule is CC/C=C\C/C=C\C/C=C\C/C=C\CCCCCCCCCCCCCCC(=O)NC(COC1OC(CO)C(O)C(O)C1O)C(O)CCCCCCCCCCCCCCCCCCCCCCC. The lowest BCUT2D eigenvalue weighted by molar-refractivity contribution is -0.302. The number of amides is 1. The summed E-state index contributed by atoms with van der Waals surface area (Å²) in [5.74, 6) is -0.145. The number of unbranched alkanes of at least 4 members (excludes halogenated alkanes) is 32. The molecule has 0 saturated carbocycles. The molecule has 1 fully saturated rings. The van der Waals surface area contributed by atoms with Gasteiger partial charge in [-0.25, -0.2) is 0 Å². The zero-order valence-corrected chi connectivity index (χ0v) is 44.8. The van der Waals surface area contributed by atoms with Crippen molar-refractivity contribution in [3.63, 3.8) is 0 Å². The molecule has 9 nitrogen and oxygen atoms in total. The van der Waals surface area contributed by atoms with E-state index in [4.69, 9.17) is 9.47 Å². The quantitative estimate of drug-likeness (QED) is 0.0261. The van der Waals surface area contributed by atoms with Gasteiger partial charge in [0, 0.05) is 6.42 Å². The van der Waals surface area contributed by atoms with E-state index in [1.54, 1.807) is 0 Å². The van der Waals surface area contributed by atoms with Crippen molar-refractivity contribution >= 4 is 5.91 Å². The van der Waals surface area contributed by atoms with Crippen LogP contribution < -0.4 is 5.32 Å². The molecule has 0 aromatic rings. The van der Waals surface area contributed by atoms with Gasteiger partial charge in [0.1, 0.15) is 24.4 Å². The van der Waals surface area contributed by atoms with E-state index < -0.39 is 49.5 Å². The molecule has 7 atom stereocenters. The molecular formula is C60H111NO8. The van der Waals surface area contributed by atoms with Crippen molar-refractivity contribution in [1.82, 2.24) is 5.32 Å².